The van der Waals surface area contributed by atoms with Crippen LogP contribution in [-0.2, 0) is 11.2 Å². The zero-order valence-electron chi connectivity index (χ0n) is 15.8. The molecule has 142 valence electrons. The smallest absolute Gasteiger partial charge is 0.229 e. The van der Waals surface area contributed by atoms with Gasteiger partial charge in [-0.1, -0.05) is 29.5 Å². The van der Waals surface area contributed by atoms with Gasteiger partial charge in [0.05, 0.1) is 22.3 Å². The van der Waals surface area contributed by atoms with E-state index in [9.17, 15) is 9.18 Å². The molecular formula is C21H19FN4OS. The molecule has 1 N–H and O–H groups in total. The molecule has 0 saturated heterocycles. The number of thiazole rings is 1. The maximum Gasteiger partial charge on any atom is 0.229 e. The third-order valence-corrected chi connectivity index (χ3v) is 5.35. The first-order chi connectivity index (χ1) is 13.4. The van der Waals surface area contributed by atoms with Crippen molar-refractivity contribution in [3.05, 3.63) is 70.7 Å². The summed E-state index contributed by atoms with van der Waals surface area (Å²) < 4.78 is 15.8. The topological polar surface area (TPSA) is 59.8 Å². The molecule has 0 radical (unpaired) electrons. The van der Waals surface area contributed by atoms with Gasteiger partial charge in [-0.3, -0.25) is 4.79 Å². The number of nitrogens with zero attached hydrogens (tertiary/aromatic N) is 3. The first kappa shape index (κ1) is 18.3. The van der Waals surface area contributed by atoms with E-state index in [4.69, 9.17) is 4.98 Å². The molecule has 28 heavy (non-hydrogen) atoms. The number of hydrogen-bond donors (Lipinski definition) is 1. The highest BCUT2D eigenvalue weighted by atomic mass is 32.1. The molecule has 2 aromatic carbocycles. The van der Waals surface area contributed by atoms with Crippen LogP contribution in [0.15, 0.2) is 42.5 Å². The van der Waals surface area contributed by atoms with Gasteiger partial charge in [0.2, 0.25) is 11.0 Å². The van der Waals surface area contributed by atoms with Crippen LogP contribution >= 0.6 is 11.3 Å². The maximum absolute atomic E-state index is 13.0. The molecule has 0 aliphatic heterocycles. The second kappa shape index (κ2) is 7.16. The van der Waals surface area contributed by atoms with Crippen LogP contribution < -0.4 is 5.32 Å². The van der Waals surface area contributed by atoms with Crippen LogP contribution in [0.1, 0.15) is 22.4 Å². The van der Waals surface area contributed by atoms with E-state index in [1.165, 1.54) is 29.0 Å². The summed E-state index contributed by atoms with van der Waals surface area (Å²) >= 11 is 1.54. The van der Waals surface area contributed by atoms with Crippen molar-refractivity contribution >= 4 is 33.3 Å². The summed E-state index contributed by atoms with van der Waals surface area (Å²) in [4.78, 5) is 17.2. The molecule has 0 aliphatic rings. The molecule has 1 amide bonds. The number of amides is 1. The third-order valence-electron chi connectivity index (χ3n) is 4.38. The van der Waals surface area contributed by atoms with Crippen molar-refractivity contribution in [2.45, 2.75) is 27.2 Å². The quantitative estimate of drug-likeness (QED) is 0.544. The normalized spacial score (nSPS) is 11.1. The molecule has 4 rings (SSSR count). The van der Waals surface area contributed by atoms with E-state index < -0.39 is 0 Å². The summed E-state index contributed by atoms with van der Waals surface area (Å²) in [7, 11) is 0. The van der Waals surface area contributed by atoms with Gasteiger partial charge < -0.3 is 5.32 Å². The molecule has 0 spiro atoms. The molecule has 0 atom stereocenters. The van der Waals surface area contributed by atoms with Crippen LogP contribution in [0.25, 0.3) is 15.3 Å². The molecular weight excluding hydrogens is 375 g/mol. The number of nitrogens with one attached hydrogen (secondary N) is 1. The minimum absolute atomic E-state index is 0.155. The van der Waals surface area contributed by atoms with Gasteiger partial charge in [-0.15, -0.1) is 0 Å². The average Bonchev–Trinajstić information content (AvgIpc) is 3.20. The highest BCUT2D eigenvalue weighted by molar-refractivity contribution is 7.20. The Balaban J connectivity index is 1.62. The lowest BCUT2D eigenvalue weighted by Gasteiger charge is -2.06. The highest BCUT2D eigenvalue weighted by Crippen LogP contribution is 2.30. The number of halogens is 1. The van der Waals surface area contributed by atoms with Crippen molar-refractivity contribution in [1.82, 2.24) is 14.8 Å². The largest absolute Gasteiger partial charge is 0.310 e. The van der Waals surface area contributed by atoms with Crippen molar-refractivity contribution in [1.29, 1.82) is 0 Å². The van der Waals surface area contributed by atoms with E-state index in [-0.39, 0.29) is 18.1 Å². The standard InChI is InChI=1S/C21H19FN4OS/c1-12-8-13(2)20-17(9-12)28-21(24-20)26-18(10-14(3)25-26)23-19(27)11-15-4-6-16(22)7-5-15/h4-10H,11H2,1-3H3,(H,23,27). The predicted molar refractivity (Wildman–Crippen MR) is 110 cm³/mol. The number of carbonyl (C=O) groups is 1. The molecule has 0 saturated carbocycles. The first-order valence-corrected chi connectivity index (χ1v) is 9.70. The Bertz CT molecular complexity index is 1180. The summed E-state index contributed by atoms with van der Waals surface area (Å²) in [5.41, 5.74) is 4.77. The number of hydrogen-bond acceptors (Lipinski definition) is 4. The number of carbonyl (C=O) groups excluding carboxylic acids is 1. The molecule has 2 aromatic heterocycles. The van der Waals surface area contributed by atoms with E-state index in [0.717, 1.165) is 27.0 Å². The fourth-order valence-electron chi connectivity index (χ4n) is 3.16. The van der Waals surface area contributed by atoms with E-state index in [0.29, 0.717) is 10.9 Å². The van der Waals surface area contributed by atoms with Gasteiger partial charge in [0, 0.05) is 6.07 Å². The zero-order valence-corrected chi connectivity index (χ0v) is 16.6. The monoisotopic (exact) mass is 394 g/mol. The van der Waals surface area contributed by atoms with Gasteiger partial charge in [-0.25, -0.2) is 9.37 Å². The van der Waals surface area contributed by atoms with Crippen LogP contribution in [0.2, 0.25) is 0 Å². The Labute approximate surface area is 165 Å². The molecule has 0 fully saturated rings. The van der Waals surface area contributed by atoms with E-state index >= 15 is 0 Å². The van der Waals surface area contributed by atoms with Crippen molar-refractivity contribution in [2.75, 3.05) is 5.32 Å². The van der Waals surface area contributed by atoms with Gasteiger partial charge in [0.1, 0.15) is 11.6 Å². The average molecular weight is 394 g/mol. The van der Waals surface area contributed by atoms with Crippen molar-refractivity contribution in [2.24, 2.45) is 0 Å². The molecule has 2 heterocycles. The van der Waals surface area contributed by atoms with E-state index in [2.05, 4.69) is 29.5 Å². The predicted octanol–water partition coefficient (Wildman–Crippen LogP) is 4.73. The minimum atomic E-state index is -0.320. The summed E-state index contributed by atoms with van der Waals surface area (Å²) in [6.07, 6.45) is 0.155. The van der Waals surface area contributed by atoms with Crippen molar-refractivity contribution < 1.29 is 9.18 Å². The molecule has 0 aliphatic carbocycles. The number of aryl methyl sites for hydroxylation is 3. The van der Waals surface area contributed by atoms with Crippen molar-refractivity contribution in [3.8, 4) is 5.13 Å². The second-order valence-corrected chi connectivity index (χ2v) is 7.87. The molecule has 7 heteroatoms. The van der Waals surface area contributed by atoms with Crippen LogP contribution in [0, 0.1) is 26.6 Å². The SMILES string of the molecule is Cc1cc(C)c2nc(-n3nc(C)cc3NC(=O)Cc3ccc(F)cc3)sc2c1. The van der Waals surface area contributed by atoms with Crippen LogP contribution in [0.5, 0.6) is 0 Å². The van der Waals surface area contributed by atoms with Crippen LogP contribution in [0.4, 0.5) is 10.2 Å². The number of aromatic nitrogens is 3. The number of anilines is 1. The first-order valence-electron chi connectivity index (χ1n) is 8.88. The number of fused-ring (bicyclic) bond motifs is 1. The van der Waals surface area contributed by atoms with Crippen LogP contribution in [0.3, 0.4) is 0 Å². The van der Waals surface area contributed by atoms with E-state index in [1.807, 2.05) is 19.9 Å². The van der Waals surface area contributed by atoms with Gasteiger partial charge in [0.25, 0.3) is 0 Å². The van der Waals surface area contributed by atoms with Crippen LogP contribution in [-0.4, -0.2) is 20.7 Å². The minimum Gasteiger partial charge on any atom is -0.310 e. The second-order valence-electron chi connectivity index (χ2n) is 6.86. The third kappa shape index (κ3) is 3.66. The summed E-state index contributed by atoms with van der Waals surface area (Å²) in [6, 6.07) is 11.9. The lowest BCUT2D eigenvalue weighted by atomic mass is 10.1. The lowest BCUT2D eigenvalue weighted by Crippen LogP contribution is -2.17. The van der Waals surface area contributed by atoms with Gasteiger partial charge in [-0.2, -0.15) is 9.78 Å². The number of rotatable bonds is 4. The van der Waals surface area contributed by atoms with E-state index in [1.54, 1.807) is 16.8 Å². The van der Waals surface area contributed by atoms with Crippen molar-refractivity contribution in [3.63, 3.8) is 0 Å². The van der Waals surface area contributed by atoms with Gasteiger partial charge in [-0.05, 0) is 55.7 Å². The summed E-state index contributed by atoms with van der Waals surface area (Å²) in [5, 5.41) is 8.10. The molecule has 4 aromatic rings. The molecule has 5 nitrogen and oxygen atoms in total. The van der Waals surface area contributed by atoms with Gasteiger partial charge >= 0.3 is 0 Å². The fourth-order valence-corrected chi connectivity index (χ4v) is 4.27. The number of benzene rings is 2. The Morgan fingerprint density at radius 2 is 1.89 bits per heavy atom. The zero-order chi connectivity index (χ0) is 19.8. The summed E-state index contributed by atoms with van der Waals surface area (Å²) in [5.74, 6) is 0.0539. The molecule has 0 bridgehead atoms. The Kier molecular flexibility index (Phi) is 4.68. The van der Waals surface area contributed by atoms with Gasteiger partial charge in [0.15, 0.2) is 0 Å². The molecule has 0 unspecified atom stereocenters. The highest BCUT2D eigenvalue weighted by Gasteiger charge is 2.16. The lowest BCUT2D eigenvalue weighted by molar-refractivity contribution is -0.115. The Morgan fingerprint density at radius 3 is 2.64 bits per heavy atom. The Hall–Kier alpha value is -3.06. The fraction of sp³-hybridized carbons (Fsp3) is 0.190. The summed E-state index contributed by atoms with van der Waals surface area (Å²) in [6.45, 7) is 5.97. The maximum atomic E-state index is 13.0. The Morgan fingerprint density at radius 1 is 1.14 bits per heavy atom.